The van der Waals surface area contributed by atoms with Gasteiger partial charge in [-0.2, -0.15) is 0 Å². The van der Waals surface area contributed by atoms with Gasteiger partial charge in [0, 0.05) is 24.5 Å². The molecular formula is C41H44O14. The molecule has 0 aliphatic carbocycles. The highest BCUT2D eigenvalue weighted by molar-refractivity contribution is 5.88. The van der Waals surface area contributed by atoms with Crippen LogP contribution >= 0.6 is 0 Å². The summed E-state index contributed by atoms with van der Waals surface area (Å²) in [5.74, 6) is -1.82. The molecule has 14 nitrogen and oxygen atoms in total. The molecule has 0 fully saturated rings. The highest BCUT2D eigenvalue weighted by Crippen LogP contribution is 2.40. The second-order valence-corrected chi connectivity index (χ2v) is 12.0. The summed E-state index contributed by atoms with van der Waals surface area (Å²) in [7, 11) is 8.36. The Labute approximate surface area is 318 Å². The van der Waals surface area contributed by atoms with Gasteiger partial charge in [-0.1, -0.05) is 12.1 Å². The number of hydrogen-bond donors (Lipinski definition) is 4. The number of phenols is 4. The van der Waals surface area contributed by atoms with Crippen molar-refractivity contribution in [2.24, 2.45) is 5.92 Å². The van der Waals surface area contributed by atoms with Crippen molar-refractivity contribution in [3.05, 3.63) is 95.1 Å². The smallest absolute Gasteiger partial charge is 0.331 e. The second kappa shape index (κ2) is 19.4. The molecule has 4 aromatic rings. The van der Waals surface area contributed by atoms with Gasteiger partial charge in [-0.05, 0) is 89.4 Å². The van der Waals surface area contributed by atoms with E-state index >= 15 is 0 Å². The first kappa shape index (κ1) is 41.1. The maximum Gasteiger partial charge on any atom is 0.331 e. The van der Waals surface area contributed by atoms with Crippen LogP contribution in [-0.2, 0) is 31.9 Å². The minimum atomic E-state index is -0.991. The largest absolute Gasteiger partial charge is 0.504 e. The molecule has 0 radical (unpaired) electrons. The van der Waals surface area contributed by atoms with Crippen LogP contribution in [0.5, 0.6) is 57.5 Å². The predicted molar refractivity (Wildman–Crippen MR) is 202 cm³/mol. The summed E-state index contributed by atoms with van der Waals surface area (Å²) < 4.78 is 43.6. The van der Waals surface area contributed by atoms with Crippen molar-refractivity contribution in [3.8, 4) is 57.5 Å². The zero-order chi connectivity index (χ0) is 40.1. The third-order valence-corrected chi connectivity index (χ3v) is 8.48. The first-order chi connectivity index (χ1) is 26.4. The maximum absolute atomic E-state index is 13.5. The fraction of sp³-hybridized carbons (Fsp3) is 0.268. The lowest BCUT2D eigenvalue weighted by Crippen LogP contribution is -2.34. The summed E-state index contributed by atoms with van der Waals surface area (Å²) in [4.78, 5) is 26.6. The third kappa shape index (κ3) is 10.9. The van der Waals surface area contributed by atoms with Crippen molar-refractivity contribution in [1.82, 2.24) is 0 Å². The van der Waals surface area contributed by atoms with E-state index in [-0.39, 0.29) is 76.9 Å². The quantitative estimate of drug-likeness (QED) is 0.0699. The zero-order valence-corrected chi connectivity index (χ0v) is 31.2. The van der Waals surface area contributed by atoms with Crippen molar-refractivity contribution in [1.29, 1.82) is 0 Å². The molecule has 0 aromatic heterocycles. The first-order valence-corrected chi connectivity index (χ1v) is 16.8. The summed E-state index contributed by atoms with van der Waals surface area (Å²) in [6.07, 6.45) is 4.57. The molecule has 2 atom stereocenters. The molecule has 14 heteroatoms. The van der Waals surface area contributed by atoms with Gasteiger partial charge in [0.25, 0.3) is 0 Å². The maximum atomic E-state index is 13.5. The molecule has 0 saturated carbocycles. The number of ether oxygens (including phenoxy) is 8. The molecule has 292 valence electrons. The summed E-state index contributed by atoms with van der Waals surface area (Å²) >= 11 is 0. The molecule has 4 rings (SSSR count). The van der Waals surface area contributed by atoms with Gasteiger partial charge in [-0.3, -0.25) is 0 Å². The van der Waals surface area contributed by atoms with Crippen LogP contribution in [0.25, 0.3) is 12.2 Å². The van der Waals surface area contributed by atoms with E-state index in [1.165, 1.54) is 79.1 Å². The van der Waals surface area contributed by atoms with Crippen LogP contribution in [0.2, 0.25) is 0 Å². The molecule has 0 aliphatic rings. The molecule has 0 amide bonds. The van der Waals surface area contributed by atoms with Crippen LogP contribution in [0.1, 0.15) is 22.3 Å². The Kier molecular flexibility index (Phi) is 14.5. The fourth-order valence-electron chi connectivity index (χ4n) is 5.62. The number of esters is 2. The van der Waals surface area contributed by atoms with Crippen LogP contribution in [0, 0.1) is 5.92 Å². The van der Waals surface area contributed by atoms with Crippen molar-refractivity contribution in [3.63, 3.8) is 0 Å². The summed E-state index contributed by atoms with van der Waals surface area (Å²) in [6, 6.07) is 15.4. The van der Waals surface area contributed by atoms with E-state index in [0.717, 1.165) is 0 Å². The Hall–Kier alpha value is -6.70. The van der Waals surface area contributed by atoms with Gasteiger partial charge >= 0.3 is 11.9 Å². The lowest BCUT2D eigenvalue weighted by molar-refractivity contribution is -0.149. The number of carbonyl (C=O) groups is 2. The van der Waals surface area contributed by atoms with Crippen molar-refractivity contribution in [2.75, 3.05) is 49.3 Å². The summed E-state index contributed by atoms with van der Waals surface area (Å²) in [6.45, 7) is -0.253. The normalized spacial score (nSPS) is 12.2. The SMILES string of the molecule is COc1cc(/C=C/C(=O)OC[C@H](Cc2cc(OC)c(O)c(OC)c2)[C@H](Cc2cc(OC)c(O)c(OC)c2)OC(=O)/C=C/c2ccc(O)c(OC)c2)ccc1O. The van der Waals surface area contributed by atoms with Gasteiger partial charge in [-0.15, -0.1) is 0 Å². The van der Waals surface area contributed by atoms with E-state index in [0.29, 0.717) is 22.3 Å². The molecule has 0 heterocycles. The average Bonchev–Trinajstić information content (AvgIpc) is 3.19. The minimum absolute atomic E-state index is 0.0390. The average molecular weight is 761 g/mol. The van der Waals surface area contributed by atoms with Crippen LogP contribution in [-0.4, -0.2) is 87.7 Å². The number of carbonyl (C=O) groups excluding carboxylic acids is 2. The van der Waals surface area contributed by atoms with Crippen LogP contribution in [0.3, 0.4) is 0 Å². The summed E-state index contributed by atoms with van der Waals surface area (Å²) in [5.41, 5.74) is 2.25. The van der Waals surface area contributed by atoms with Gasteiger partial charge in [0.1, 0.15) is 6.10 Å². The van der Waals surface area contributed by atoms with Crippen molar-refractivity contribution < 1.29 is 67.9 Å². The van der Waals surface area contributed by atoms with E-state index in [9.17, 15) is 30.0 Å². The first-order valence-electron chi connectivity index (χ1n) is 16.8. The number of rotatable bonds is 18. The second-order valence-electron chi connectivity index (χ2n) is 12.0. The van der Waals surface area contributed by atoms with E-state index in [1.54, 1.807) is 48.5 Å². The van der Waals surface area contributed by atoms with Crippen LogP contribution < -0.4 is 28.4 Å². The molecule has 0 unspecified atom stereocenters. The molecule has 0 aliphatic heterocycles. The molecule has 55 heavy (non-hydrogen) atoms. The predicted octanol–water partition coefficient (Wildman–Crippen LogP) is 5.84. The standard InChI is InChI=1S/C41H44O14/c1-48-32-16-24(7-11-29(32)42)9-13-38(44)54-23-28(15-26-19-34(50-3)40(46)35(20-26)51-4)31(18-27-21-36(52-5)41(47)37(22-27)53-6)55-39(45)14-10-25-8-12-30(43)33(17-25)49-2/h7-14,16-17,19-22,28,31,42-43,46-47H,15,18,23H2,1-6H3/b13-9+,14-10+/t28-,31-/m0/s1. The summed E-state index contributed by atoms with van der Waals surface area (Å²) in [5, 5.41) is 41.1. The van der Waals surface area contributed by atoms with E-state index < -0.39 is 24.0 Å². The van der Waals surface area contributed by atoms with Crippen LogP contribution in [0.4, 0.5) is 0 Å². The lowest BCUT2D eigenvalue weighted by Gasteiger charge is -2.27. The number of phenolic OH excluding ortho intramolecular Hbond substituents is 4. The Morgan fingerprint density at radius 3 is 1.36 bits per heavy atom. The molecular weight excluding hydrogens is 716 g/mol. The number of aromatic hydroxyl groups is 4. The molecule has 0 bridgehead atoms. The zero-order valence-electron chi connectivity index (χ0n) is 31.2. The van der Waals surface area contributed by atoms with Gasteiger partial charge in [0.05, 0.1) is 49.3 Å². The number of methoxy groups -OCH3 is 6. The molecule has 0 saturated heterocycles. The molecule has 4 N–H and O–H groups in total. The highest BCUT2D eigenvalue weighted by Gasteiger charge is 2.29. The lowest BCUT2D eigenvalue weighted by atomic mass is 9.90. The van der Waals surface area contributed by atoms with Gasteiger partial charge in [0.2, 0.25) is 11.5 Å². The van der Waals surface area contributed by atoms with Crippen molar-refractivity contribution in [2.45, 2.75) is 18.9 Å². The minimum Gasteiger partial charge on any atom is -0.504 e. The molecule has 4 aromatic carbocycles. The van der Waals surface area contributed by atoms with Crippen LogP contribution in [0.15, 0.2) is 72.8 Å². The van der Waals surface area contributed by atoms with E-state index in [1.807, 2.05) is 0 Å². The third-order valence-electron chi connectivity index (χ3n) is 8.48. The Balaban J connectivity index is 1.73. The van der Waals surface area contributed by atoms with Gasteiger partial charge in [0.15, 0.2) is 46.0 Å². The van der Waals surface area contributed by atoms with Gasteiger partial charge in [-0.25, -0.2) is 9.59 Å². The Bertz CT molecular complexity index is 1970. The molecule has 0 spiro atoms. The number of benzene rings is 4. The number of hydrogen-bond acceptors (Lipinski definition) is 14. The van der Waals surface area contributed by atoms with Crippen molar-refractivity contribution >= 4 is 24.1 Å². The van der Waals surface area contributed by atoms with Gasteiger partial charge < -0.3 is 58.3 Å². The van der Waals surface area contributed by atoms with E-state index in [4.69, 9.17) is 37.9 Å². The Morgan fingerprint density at radius 2 is 0.945 bits per heavy atom. The fourth-order valence-corrected chi connectivity index (χ4v) is 5.62. The Morgan fingerprint density at radius 1 is 0.545 bits per heavy atom. The topological polar surface area (TPSA) is 189 Å². The van der Waals surface area contributed by atoms with E-state index in [2.05, 4.69) is 0 Å². The monoisotopic (exact) mass is 760 g/mol. The highest BCUT2D eigenvalue weighted by atomic mass is 16.6.